The molecule has 1 atom stereocenters. The van der Waals surface area contributed by atoms with Crippen molar-refractivity contribution in [2.75, 3.05) is 25.0 Å². The highest BCUT2D eigenvalue weighted by atomic mass is 32.1. The van der Waals surface area contributed by atoms with Gasteiger partial charge in [-0.1, -0.05) is 6.92 Å². The number of piperidine rings is 1. The average molecular weight is 345 g/mol. The Kier molecular flexibility index (Phi) is 5.82. The zero-order chi connectivity index (χ0) is 16.8. The number of nitrogens with zero attached hydrogens (tertiary/aromatic N) is 1. The Morgan fingerprint density at radius 1 is 1.42 bits per heavy atom. The summed E-state index contributed by atoms with van der Waals surface area (Å²) in [6.45, 7) is 4.57. The van der Waals surface area contributed by atoms with Crippen molar-refractivity contribution in [3.63, 3.8) is 0 Å². The molecule has 5 nitrogen and oxygen atoms in total. The van der Waals surface area contributed by atoms with Crippen LogP contribution in [-0.4, -0.2) is 30.6 Å². The summed E-state index contributed by atoms with van der Waals surface area (Å²) in [5.74, 6) is 0.974. The van der Waals surface area contributed by atoms with E-state index in [1.54, 1.807) is 0 Å². The Morgan fingerprint density at radius 2 is 2.25 bits per heavy atom. The number of anilines is 1. The van der Waals surface area contributed by atoms with Gasteiger partial charge in [0.1, 0.15) is 5.75 Å². The van der Waals surface area contributed by atoms with Gasteiger partial charge in [0, 0.05) is 17.5 Å². The van der Waals surface area contributed by atoms with Gasteiger partial charge in [-0.3, -0.25) is 4.79 Å². The fraction of sp³-hybridized carbons (Fsp3) is 0.444. The number of aromatic nitrogens is 1. The largest absolute Gasteiger partial charge is 0.494 e. The zero-order valence-corrected chi connectivity index (χ0v) is 14.7. The first kappa shape index (κ1) is 16.9. The van der Waals surface area contributed by atoms with E-state index in [-0.39, 0.29) is 11.8 Å². The van der Waals surface area contributed by atoms with Crippen LogP contribution < -0.4 is 15.4 Å². The van der Waals surface area contributed by atoms with Crippen LogP contribution in [0.2, 0.25) is 0 Å². The van der Waals surface area contributed by atoms with Crippen LogP contribution in [0.1, 0.15) is 26.2 Å². The third kappa shape index (κ3) is 4.33. The van der Waals surface area contributed by atoms with Crippen LogP contribution in [0.4, 0.5) is 5.13 Å². The summed E-state index contributed by atoms with van der Waals surface area (Å²) in [6.07, 6.45) is 2.98. The number of hydrogen-bond donors (Lipinski definition) is 2. The van der Waals surface area contributed by atoms with Crippen molar-refractivity contribution >= 4 is 22.4 Å². The zero-order valence-electron chi connectivity index (χ0n) is 13.9. The van der Waals surface area contributed by atoms with E-state index >= 15 is 0 Å². The van der Waals surface area contributed by atoms with E-state index in [0.717, 1.165) is 56.0 Å². The molecule has 3 rings (SSSR count). The monoisotopic (exact) mass is 345 g/mol. The van der Waals surface area contributed by atoms with Gasteiger partial charge >= 0.3 is 0 Å². The lowest BCUT2D eigenvalue weighted by Crippen LogP contribution is -2.37. The summed E-state index contributed by atoms with van der Waals surface area (Å²) in [5.41, 5.74) is 1.90. The molecule has 0 bridgehead atoms. The predicted octanol–water partition coefficient (Wildman–Crippen LogP) is 3.54. The number of rotatable bonds is 6. The normalized spacial score (nSPS) is 17.5. The molecular formula is C18H23N3O2S. The highest BCUT2D eigenvalue weighted by Crippen LogP contribution is 2.27. The molecule has 2 aromatic rings. The molecule has 128 valence electrons. The van der Waals surface area contributed by atoms with Gasteiger partial charge in [0.25, 0.3) is 0 Å². The number of benzene rings is 1. The quantitative estimate of drug-likeness (QED) is 0.840. The van der Waals surface area contributed by atoms with E-state index in [9.17, 15) is 4.79 Å². The van der Waals surface area contributed by atoms with Crippen LogP contribution >= 0.6 is 11.3 Å². The molecule has 1 aromatic heterocycles. The van der Waals surface area contributed by atoms with Gasteiger partial charge in [0.15, 0.2) is 5.13 Å². The van der Waals surface area contributed by atoms with Crippen molar-refractivity contribution < 1.29 is 9.53 Å². The van der Waals surface area contributed by atoms with Gasteiger partial charge in [-0.05, 0) is 50.1 Å². The number of amides is 1. The molecule has 1 fully saturated rings. The van der Waals surface area contributed by atoms with Crippen LogP contribution in [0.5, 0.6) is 5.75 Å². The van der Waals surface area contributed by atoms with E-state index in [0.29, 0.717) is 5.13 Å². The Morgan fingerprint density at radius 3 is 2.96 bits per heavy atom. The summed E-state index contributed by atoms with van der Waals surface area (Å²) in [5, 5.41) is 8.84. The van der Waals surface area contributed by atoms with Crippen molar-refractivity contribution in [3.8, 4) is 17.0 Å². The first-order valence-corrected chi connectivity index (χ1v) is 9.34. The molecule has 24 heavy (non-hydrogen) atoms. The van der Waals surface area contributed by atoms with Crippen LogP contribution in [0, 0.1) is 5.92 Å². The van der Waals surface area contributed by atoms with Gasteiger partial charge in [-0.25, -0.2) is 4.98 Å². The molecule has 0 aliphatic carbocycles. The van der Waals surface area contributed by atoms with Gasteiger partial charge < -0.3 is 15.4 Å². The minimum Gasteiger partial charge on any atom is -0.494 e. The molecule has 1 unspecified atom stereocenters. The van der Waals surface area contributed by atoms with Crippen molar-refractivity contribution in [2.45, 2.75) is 26.2 Å². The van der Waals surface area contributed by atoms with E-state index in [2.05, 4.69) is 22.5 Å². The number of ether oxygens (including phenoxy) is 1. The van der Waals surface area contributed by atoms with E-state index in [1.165, 1.54) is 11.3 Å². The molecule has 0 radical (unpaired) electrons. The van der Waals surface area contributed by atoms with Crippen molar-refractivity contribution in [3.05, 3.63) is 29.6 Å². The summed E-state index contributed by atoms with van der Waals surface area (Å²) >= 11 is 1.46. The molecule has 2 N–H and O–H groups in total. The third-order valence-electron chi connectivity index (χ3n) is 4.02. The van der Waals surface area contributed by atoms with Gasteiger partial charge in [0.2, 0.25) is 5.91 Å². The second-order valence-electron chi connectivity index (χ2n) is 5.94. The number of thiazole rings is 1. The maximum Gasteiger partial charge on any atom is 0.230 e. The van der Waals surface area contributed by atoms with Crippen molar-refractivity contribution in [1.82, 2.24) is 10.3 Å². The lowest BCUT2D eigenvalue weighted by Gasteiger charge is -2.21. The molecular weight excluding hydrogens is 322 g/mol. The lowest BCUT2D eigenvalue weighted by molar-refractivity contribution is -0.120. The summed E-state index contributed by atoms with van der Waals surface area (Å²) in [6, 6.07) is 7.90. The molecule has 0 saturated carbocycles. The summed E-state index contributed by atoms with van der Waals surface area (Å²) in [4.78, 5) is 16.8. The number of carbonyl (C=O) groups is 1. The predicted molar refractivity (Wildman–Crippen MR) is 97.6 cm³/mol. The maximum absolute atomic E-state index is 12.3. The minimum atomic E-state index is 0.0427. The molecule has 6 heteroatoms. The smallest absolute Gasteiger partial charge is 0.230 e. The first-order valence-electron chi connectivity index (χ1n) is 8.46. The van der Waals surface area contributed by atoms with Crippen molar-refractivity contribution in [1.29, 1.82) is 0 Å². The molecule has 1 aliphatic rings. The van der Waals surface area contributed by atoms with E-state index in [4.69, 9.17) is 4.74 Å². The number of nitrogens with one attached hydrogen (secondary N) is 2. The third-order valence-corrected chi connectivity index (χ3v) is 4.78. The Hall–Kier alpha value is -1.92. The second-order valence-corrected chi connectivity index (χ2v) is 6.80. The fourth-order valence-corrected chi connectivity index (χ4v) is 3.41. The topological polar surface area (TPSA) is 63.2 Å². The molecule has 2 heterocycles. The first-order chi connectivity index (χ1) is 11.8. The van der Waals surface area contributed by atoms with Gasteiger partial charge in [0.05, 0.1) is 18.2 Å². The summed E-state index contributed by atoms with van der Waals surface area (Å²) in [7, 11) is 0. The molecule has 1 saturated heterocycles. The van der Waals surface area contributed by atoms with Crippen molar-refractivity contribution in [2.24, 2.45) is 5.92 Å². The average Bonchev–Trinajstić information content (AvgIpc) is 3.09. The summed E-state index contributed by atoms with van der Waals surface area (Å²) < 4.78 is 5.59. The fourth-order valence-electron chi connectivity index (χ4n) is 2.69. The Balaban J connectivity index is 1.61. The van der Waals surface area contributed by atoms with Crippen LogP contribution in [0.15, 0.2) is 29.6 Å². The van der Waals surface area contributed by atoms with E-state index < -0.39 is 0 Å². The molecule has 1 amide bonds. The second kappa shape index (κ2) is 8.26. The molecule has 1 aromatic carbocycles. The molecule has 0 spiro atoms. The molecule has 1 aliphatic heterocycles. The van der Waals surface area contributed by atoms with E-state index in [1.807, 2.05) is 29.6 Å². The SMILES string of the molecule is CCCOc1ccc(-c2csc(NC(=O)C3CCCNC3)n2)cc1. The van der Waals surface area contributed by atoms with Gasteiger partial charge in [-0.15, -0.1) is 11.3 Å². The standard InChI is InChI=1S/C18H23N3O2S/c1-2-10-23-15-7-5-13(6-8-15)16-12-24-18(20-16)21-17(22)14-4-3-9-19-11-14/h5-8,12,14,19H,2-4,9-11H2,1H3,(H,20,21,22). The lowest BCUT2D eigenvalue weighted by atomic mass is 9.99. The highest BCUT2D eigenvalue weighted by molar-refractivity contribution is 7.14. The van der Waals surface area contributed by atoms with Crippen LogP contribution in [-0.2, 0) is 4.79 Å². The highest BCUT2D eigenvalue weighted by Gasteiger charge is 2.21. The Labute approximate surface area is 146 Å². The van der Waals surface area contributed by atoms with Gasteiger partial charge in [-0.2, -0.15) is 0 Å². The van der Waals surface area contributed by atoms with Crippen LogP contribution in [0.3, 0.4) is 0 Å². The number of hydrogen-bond acceptors (Lipinski definition) is 5. The maximum atomic E-state index is 12.3. The van der Waals surface area contributed by atoms with Crippen LogP contribution in [0.25, 0.3) is 11.3 Å². The minimum absolute atomic E-state index is 0.0427. The number of carbonyl (C=O) groups excluding carboxylic acids is 1. The Bertz CT molecular complexity index is 663.